The molecular formula is C8H16N2O2S. The smallest absolute Gasteiger partial charge is 0.202 e. The number of hydrogen-bond acceptors (Lipinski definition) is 2. The molecule has 0 bridgehead atoms. The van der Waals surface area contributed by atoms with Gasteiger partial charge in [0.25, 0.3) is 10.2 Å². The van der Waals surface area contributed by atoms with Gasteiger partial charge in [0.1, 0.15) is 0 Å². The van der Waals surface area contributed by atoms with E-state index in [0.717, 1.165) is 12.8 Å². The van der Waals surface area contributed by atoms with E-state index in [0.29, 0.717) is 25.0 Å². The minimum Gasteiger partial charge on any atom is -0.202 e. The first-order valence-electron chi connectivity index (χ1n) is 4.91. The number of nitrogens with one attached hydrogen (secondary N) is 1. The molecular weight excluding hydrogens is 188 g/mol. The van der Waals surface area contributed by atoms with Gasteiger partial charge in [-0.25, -0.2) is 4.72 Å². The Morgan fingerprint density at radius 3 is 3.00 bits per heavy atom. The van der Waals surface area contributed by atoms with E-state index in [9.17, 15) is 8.42 Å². The molecule has 1 N–H and O–H groups in total. The van der Waals surface area contributed by atoms with Gasteiger partial charge in [-0.15, -0.1) is 0 Å². The lowest BCUT2D eigenvalue weighted by Gasteiger charge is -2.25. The molecule has 0 radical (unpaired) electrons. The first-order chi connectivity index (χ1) is 6.15. The molecule has 5 heteroatoms. The molecule has 76 valence electrons. The minimum absolute atomic E-state index is 0.317. The highest BCUT2D eigenvalue weighted by molar-refractivity contribution is 7.87. The second kappa shape index (κ2) is 3.22. The van der Waals surface area contributed by atoms with Crippen LogP contribution < -0.4 is 4.72 Å². The second-order valence-electron chi connectivity index (χ2n) is 3.82. The molecule has 0 aromatic heterocycles. The number of fused-ring (bicyclic) bond motifs is 1. The Hall–Kier alpha value is -0.130. The van der Waals surface area contributed by atoms with Crippen molar-refractivity contribution in [1.29, 1.82) is 0 Å². The molecule has 2 aliphatic rings. The fourth-order valence-corrected chi connectivity index (χ4v) is 3.65. The van der Waals surface area contributed by atoms with Crippen molar-refractivity contribution in [2.24, 2.45) is 5.92 Å². The highest BCUT2D eigenvalue weighted by atomic mass is 32.2. The summed E-state index contributed by atoms with van der Waals surface area (Å²) in [5.74, 6) is 0.655. The van der Waals surface area contributed by atoms with E-state index in [-0.39, 0.29) is 0 Å². The van der Waals surface area contributed by atoms with Crippen LogP contribution in [0.4, 0.5) is 0 Å². The zero-order valence-corrected chi connectivity index (χ0v) is 8.68. The largest absolute Gasteiger partial charge is 0.279 e. The number of rotatable bonds is 3. The van der Waals surface area contributed by atoms with E-state index >= 15 is 0 Å². The van der Waals surface area contributed by atoms with Crippen molar-refractivity contribution in [3.63, 3.8) is 0 Å². The first-order valence-corrected chi connectivity index (χ1v) is 6.35. The molecule has 1 saturated carbocycles. The molecule has 1 saturated heterocycles. The Morgan fingerprint density at radius 1 is 1.54 bits per heavy atom. The van der Waals surface area contributed by atoms with Gasteiger partial charge in [0.15, 0.2) is 0 Å². The van der Waals surface area contributed by atoms with E-state index in [4.69, 9.17) is 0 Å². The summed E-state index contributed by atoms with van der Waals surface area (Å²) < 4.78 is 27.5. The van der Waals surface area contributed by atoms with Crippen LogP contribution in [0.15, 0.2) is 0 Å². The average molecular weight is 204 g/mol. The van der Waals surface area contributed by atoms with Crippen molar-refractivity contribution >= 4 is 10.2 Å². The van der Waals surface area contributed by atoms with Gasteiger partial charge in [0.05, 0.1) is 0 Å². The highest BCUT2D eigenvalue weighted by Crippen LogP contribution is 2.43. The van der Waals surface area contributed by atoms with Crippen LogP contribution >= 0.6 is 0 Å². The van der Waals surface area contributed by atoms with Crippen LogP contribution in [-0.2, 0) is 10.2 Å². The van der Waals surface area contributed by atoms with E-state index in [2.05, 4.69) is 4.72 Å². The molecule has 2 rings (SSSR count). The second-order valence-corrected chi connectivity index (χ2v) is 5.53. The van der Waals surface area contributed by atoms with E-state index < -0.39 is 10.2 Å². The molecule has 2 atom stereocenters. The van der Waals surface area contributed by atoms with Crippen LogP contribution in [0.3, 0.4) is 0 Å². The van der Waals surface area contributed by atoms with Crippen LogP contribution in [0.5, 0.6) is 0 Å². The Kier molecular flexibility index (Phi) is 2.33. The van der Waals surface area contributed by atoms with Crippen LogP contribution in [0.2, 0.25) is 0 Å². The minimum atomic E-state index is -3.16. The maximum Gasteiger partial charge on any atom is 0.279 e. The molecule has 1 aliphatic carbocycles. The van der Waals surface area contributed by atoms with Gasteiger partial charge in [-0.05, 0) is 25.2 Å². The number of nitrogens with zero attached hydrogens (tertiary/aromatic N) is 1. The van der Waals surface area contributed by atoms with E-state index in [1.807, 2.05) is 6.92 Å². The molecule has 0 unspecified atom stereocenters. The van der Waals surface area contributed by atoms with Crippen LogP contribution in [0.1, 0.15) is 26.2 Å². The normalized spacial score (nSPS) is 34.2. The molecule has 1 heterocycles. The van der Waals surface area contributed by atoms with Gasteiger partial charge in [-0.3, -0.25) is 0 Å². The summed E-state index contributed by atoms with van der Waals surface area (Å²) in [6, 6.07) is 0.317. The summed E-state index contributed by atoms with van der Waals surface area (Å²) in [6.07, 6.45) is 3.30. The maximum absolute atomic E-state index is 11.6. The summed E-state index contributed by atoms with van der Waals surface area (Å²) in [7, 11) is -3.16. The molecule has 4 nitrogen and oxygen atoms in total. The number of piperidine rings is 1. The Morgan fingerprint density at radius 2 is 2.31 bits per heavy atom. The highest BCUT2D eigenvalue weighted by Gasteiger charge is 2.48. The average Bonchev–Trinajstić information content (AvgIpc) is 2.80. The van der Waals surface area contributed by atoms with Crippen molar-refractivity contribution in [2.75, 3.05) is 13.1 Å². The third kappa shape index (κ3) is 1.73. The quantitative estimate of drug-likeness (QED) is 0.720. The van der Waals surface area contributed by atoms with Crippen molar-refractivity contribution in [1.82, 2.24) is 9.03 Å². The molecule has 0 spiro atoms. The molecule has 2 fully saturated rings. The topological polar surface area (TPSA) is 49.4 Å². The van der Waals surface area contributed by atoms with Crippen molar-refractivity contribution in [3.05, 3.63) is 0 Å². The van der Waals surface area contributed by atoms with Crippen molar-refractivity contribution in [3.8, 4) is 0 Å². The fraction of sp³-hybridized carbons (Fsp3) is 1.00. The first kappa shape index (κ1) is 9.43. The molecule has 0 aromatic carbocycles. The summed E-state index contributed by atoms with van der Waals surface area (Å²) in [5.41, 5.74) is 0. The van der Waals surface area contributed by atoms with Gasteiger partial charge in [0, 0.05) is 19.1 Å². The maximum atomic E-state index is 11.6. The summed E-state index contributed by atoms with van der Waals surface area (Å²) >= 11 is 0. The van der Waals surface area contributed by atoms with E-state index in [1.54, 1.807) is 4.31 Å². The Bertz CT molecular complexity index is 289. The predicted molar refractivity (Wildman–Crippen MR) is 50.4 cm³/mol. The van der Waals surface area contributed by atoms with Gasteiger partial charge < -0.3 is 0 Å². The zero-order valence-electron chi connectivity index (χ0n) is 7.86. The van der Waals surface area contributed by atoms with Gasteiger partial charge in [0.2, 0.25) is 0 Å². The molecule has 13 heavy (non-hydrogen) atoms. The van der Waals surface area contributed by atoms with Crippen LogP contribution in [0, 0.1) is 5.92 Å². The van der Waals surface area contributed by atoms with Crippen LogP contribution in [-0.4, -0.2) is 31.9 Å². The third-order valence-corrected chi connectivity index (χ3v) is 4.57. The summed E-state index contributed by atoms with van der Waals surface area (Å²) in [6.45, 7) is 3.00. The van der Waals surface area contributed by atoms with Gasteiger partial charge in [-0.1, -0.05) is 6.92 Å². The van der Waals surface area contributed by atoms with Crippen LogP contribution in [0.25, 0.3) is 0 Å². The number of hydrogen-bond donors (Lipinski definition) is 1. The molecule has 1 aliphatic heterocycles. The SMILES string of the molecule is CCNS(=O)(=O)N1CCC[C@@H]2C[C@@H]21. The summed E-state index contributed by atoms with van der Waals surface area (Å²) in [4.78, 5) is 0. The fourth-order valence-electron chi connectivity index (χ4n) is 2.13. The van der Waals surface area contributed by atoms with E-state index in [1.165, 1.54) is 6.42 Å². The molecule has 0 amide bonds. The summed E-state index contributed by atoms with van der Waals surface area (Å²) in [5, 5.41) is 0. The van der Waals surface area contributed by atoms with Crippen molar-refractivity contribution in [2.45, 2.75) is 32.2 Å². The van der Waals surface area contributed by atoms with Gasteiger partial charge >= 0.3 is 0 Å². The lowest BCUT2D eigenvalue weighted by molar-refractivity contribution is 0.330. The zero-order chi connectivity index (χ0) is 9.47. The monoisotopic (exact) mass is 204 g/mol. The Labute approximate surface area is 79.5 Å². The predicted octanol–water partition coefficient (Wildman–Crippen LogP) is 0.325. The van der Waals surface area contributed by atoms with Crippen molar-refractivity contribution < 1.29 is 8.42 Å². The Balaban J connectivity index is 2.07. The lowest BCUT2D eigenvalue weighted by atomic mass is 10.2. The van der Waals surface area contributed by atoms with Gasteiger partial charge in [-0.2, -0.15) is 12.7 Å². The molecule has 0 aromatic rings. The third-order valence-electron chi connectivity index (χ3n) is 2.84. The standard InChI is InChI=1S/C8H16N2O2S/c1-2-9-13(11,12)10-5-3-4-7-6-8(7)10/h7-9H,2-6H2,1H3/t7-,8+/m1/s1. The lowest BCUT2D eigenvalue weighted by Crippen LogP contribution is -2.44.